The average Bonchev–Trinajstić information content (AvgIpc) is 3.41. The molecule has 25 heavy (non-hydrogen) atoms. The number of hydrogen-bond acceptors (Lipinski definition) is 2. The van der Waals surface area contributed by atoms with Gasteiger partial charge in [-0.05, 0) is 43.5 Å². The second kappa shape index (κ2) is 7.50. The number of nitrogens with one attached hydrogen (secondary N) is 1. The van der Waals surface area contributed by atoms with Crippen LogP contribution < -0.4 is 5.32 Å². The first-order chi connectivity index (χ1) is 12.0. The molecule has 1 unspecified atom stereocenters. The van der Waals surface area contributed by atoms with Gasteiger partial charge in [0.15, 0.2) is 0 Å². The Bertz CT molecular complexity index is 780. The molecule has 3 rings (SSSR count). The lowest BCUT2D eigenvalue weighted by atomic mass is 10.1. The Morgan fingerprint density at radius 3 is 2.68 bits per heavy atom. The summed E-state index contributed by atoms with van der Waals surface area (Å²) in [6.07, 6.45) is 2.02. The summed E-state index contributed by atoms with van der Waals surface area (Å²) < 4.78 is 27.0. The minimum absolute atomic E-state index is 0.0516. The third-order valence-electron chi connectivity index (χ3n) is 4.40. The average molecular weight is 365 g/mol. The highest BCUT2D eigenvalue weighted by Crippen LogP contribution is 2.36. The highest BCUT2D eigenvalue weighted by Gasteiger charge is 2.34. The maximum absolute atomic E-state index is 13.7. The highest BCUT2D eigenvalue weighted by atomic mass is 35.5. The molecule has 1 fully saturated rings. The van der Waals surface area contributed by atoms with E-state index in [2.05, 4.69) is 5.32 Å². The summed E-state index contributed by atoms with van der Waals surface area (Å²) >= 11 is 6.27. The number of carbonyl (C=O) groups is 1. The smallest absolute Gasteiger partial charge is 0.238 e. The van der Waals surface area contributed by atoms with Gasteiger partial charge < -0.3 is 5.32 Å². The Morgan fingerprint density at radius 2 is 2.00 bits per heavy atom. The van der Waals surface area contributed by atoms with E-state index in [0.717, 1.165) is 36.6 Å². The number of benzene rings is 2. The molecule has 3 nitrogen and oxygen atoms in total. The van der Waals surface area contributed by atoms with E-state index in [1.807, 2.05) is 36.1 Å². The predicted molar refractivity (Wildman–Crippen MR) is 94.6 cm³/mol. The number of hydrogen-bond donors (Lipinski definition) is 1. The minimum atomic E-state index is -0.660. The lowest BCUT2D eigenvalue weighted by molar-refractivity contribution is -0.118. The molecule has 0 saturated heterocycles. The normalized spacial score (nSPS) is 15.2. The van der Waals surface area contributed by atoms with E-state index < -0.39 is 11.6 Å². The van der Waals surface area contributed by atoms with Crippen LogP contribution in [0.25, 0.3) is 0 Å². The van der Waals surface area contributed by atoms with Crippen molar-refractivity contribution in [2.45, 2.75) is 31.8 Å². The lowest BCUT2D eigenvalue weighted by Gasteiger charge is -2.29. The van der Waals surface area contributed by atoms with Gasteiger partial charge in [-0.15, -0.1) is 0 Å². The molecule has 1 aliphatic carbocycles. The number of anilines is 1. The summed E-state index contributed by atoms with van der Waals surface area (Å²) in [7, 11) is 0. The monoisotopic (exact) mass is 364 g/mol. The molecule has 2 aromatic carbocycles. The summed E-state index contributed by atoms with van der Waals surface area (Å²) in [5, 5.41) is 3.11. The van der Waals surface area contributed by atoms with Crippen LogP contribution in [0.1, 0.15) is 31.4 Å². The maximum atomic E-state index is 13.7. The number of nitrogens with zero attached hydrogens (tertiary/aromatic N) is 1. The second-order valence-electron chi connectivity index (χ2n) is 6.27. The quantitative estimate of drug-likeness (QED) is 0.799. The molecule has 1 aliphatic rings. The van der Waals surface area contributed by atoms with Gasteiger partial charge >= 0.3 is 0 Å². The molecular formula is C19H19ClF2N2O. The Morgan fingerprint density at radius 1 is 1.28 bits per heavy atom. The van der Waals surface area contributed by atoms with Gasteiger partial charge in [-0.2, -0.15) is 0 Å². The van der Waals surface area contributed by atoms with Crippen LogP contribution in [0, 0.1) is 11.6 Å². The largest absolute Gasteiger partial charge is 0.322 e. The first-order valence-corrected chi connectivity index (χ1v) is 8.58. The molecule has 132 valence electrons. The number of amides is 1. The van der Waals surface area contributed by atoms with Gasteiger partial charge in [-0.1, -0.05) is 29.8 Å². The number of rotatable bonds is 6. The maximum Gasteiger partial charge on any atom is 0.238 e. The number of carbonyl (C=O) groups excluding carboxylic acids is 1. The SMILES string of the molecule is CC(c1ccccc1Cl)N(CC(=O)Nc1cc(F)ccc1F)C1CC1. The van der Waals surface area contributed by atoms with Crippen molar-refractivity contribution in [1.29, 1.82) is 0 Å². The van der Waals surface area contributed by atoms with E-state index in [1.165, 1.54) is 0 Å². The minimum Gasteiger partial charge on any atom is -0.322 e. The summed E-state index contributed by atoms with van der Waals surface area (Å²) in [4.78, 5) is 14.4. The van der Waals surface area contributed by atoms with Crippen molar-refractivity contribution in [2.75, 3.05) is 11.9 Å². The molecule has 1 saturated carbocycles. The van der Waals surface area contributed by atoms with Crippen molar-refractivity contribution in [2.24, 2.45) is 0 Å². The van der Waals surface area contributed by atoms with E-state index in [9.17, 15) is 13.6 Å². The summed E-state index contributed by atoms with van der Waals surface area (Å²) in [5.74, 6) is -1.64. The van der Waals surface area contributed by atoms with Crippen LogP contribution >= 0.6 is 11.6 Å². The van der Waals surface area contributed by atoms with Gasteiger partial charge in [0.2, 0.25) is 5.91 Å². The van der Waals surface area contributed by atoms with E-state index >= 15 is 0 Å². The first kappa shape index (κ1) is 17.8. The fourth-order valence-electron chi connectivity index (χ4n) is 2.93. The summed E-state index contributed by atoms with van der Waals surface area (Å²) in [5.41, 5.74) is 0.798. The van der Waals surface area contributed by atoms with E-state index in [1.54, 1.807) is 0 Å². The molecule has 1 amide bonds. The third kappa shape index (κ3) is 4.35. The Balaban J connectivity index is 1.73. The molecular weight excluding hydrogens is 346 g/mol. The van der Waals surface area contributed by atoms with Gasteiger partial charge in [-0.3, -0.25) is 9.69 Å². The van der Waals surface area contributed by atoms with Crippen LogP contribution in [0.5, 0.6) is 0 Å². The van der Waals surface area contributed by atoms with Crippen molar-refractivity contribution in [3.05, 3.63) is 64.7 Å². The van der Waals surface area contributed by atoms with Crippen molar-refractivity contribution >= 4 is 23.2 Å². The highest BCUT2D eigenvalue weighted by molar-refractivity contribution is 6.31. The van der Waals surface area contributed by atoms with Crippen molar-refractivity contribution in [3.63, 3.8) is 0 Å². The van der Waals surface area contributed by atoms with E-state index in [-0.39, 0.29) is 24.2 Å². The zero-order valence-electron chi connectivity index (χ0n) is 13.8. The van der Waals surface area contributed by atoms with E-state index in [4.69, 9.17) is 11.6 Å². The van der Waals surface area contributed by atoms with Gasteiger partial charge in [0, 0.05) is 23.2 Å². The third-order valence-corrected chi connectivity index (χ3v) is 4.74. The molecule has 0 heterocycles. The van der Waals surface area contributed by atoms with Crippen molar-refractivity contribution in [3.8, 4) is 0 Å². The van der Waals surface area contributed by atoms with Gasteiger partial charge in [-0.25, -0.2) is 8.78 Å². The van der Waals surface area contributed by atoms with Crippen LogP contribution in [0.3, 0.4) is 0 Å². The van der Waals surface area contributed by atoms with Crippen LogP contribution in [0.15, 0.2) is 42.5 Å². The molecule has 0 aromatic heterocycles. The zero-order valence-corrected chi connectivity index (χ0v) is 14.6. The Hall–Kier alpha value is -1.98. The fraction of sp³-hybridized carbons (Fsp3) is 0.316. The zero-order chi connectivity index (χ0) is 18.0. The Kier molecular flexibility index (Phi) is 5.35. The summed E-state index contributed by atoms with van der Waals surface area (Å²) in [6, 6.07) is 10.8. The van der Waals surface area contributed by atoms with Gasteiger partial charge in [0.1, 0.15) is 11.6 Å². The molecule has 1 N–H and O–H groups in total. The molecule has 1 atom stereocenters. The molecule has 0 spiro atoms. The Labute approximate surface area is 150 Å². The van der Waals surface area contributed by atoms with Crippen LogP contribution in [-0.4, -0.2) is 23.4 Å². The lowest BCUT2D eigenvalue weighted by Crippen LogP contribution is -2.37. The first-order valence-electron chi connectivity index (χ1n) is 8.21. The predicted octanol–water partition coefficient (Wildman–Crippen LogP) is 4.78. The van der Waals surface area contributed by atoms with Crippen molar-refractivity contribution < 1.29 is 13.6 Å². The van der Waals surface area contributed by atoms with Gasteiger partial charge in [0.25, 0.3) is 0 Å². The molecule has 2 aromatic rings. The molecule has 0 radical (unpaired) electrons. The van der Waals surface area contributed by atoms with Gasteiger partial charge in [0.05, 0.1) is 12.2 Å². The van der Waals surface area contributed by atoms with Crippen LogP contribution in [0.2, 0.25) is 5.02 Å². The van der Waals surface area contributed by atoms with E-state index in [0.29, 0.717) is 11.1 Å². The molecule has 0 bridgehead atoms. The molecule has 6 heteroatoms. The second-order valence-corrected chi connectivity index (χ2v) is 6.68. The number of halogens is 3. The standard InChI is InChI=1S/C19H19ClF2N2O/c1-12(15-4-2-3-5-16(15)20)24(14-7-8-14)11-19(25)23-18-10-13(21)6-9-17(18)22/h2-6,9-10,12,14H,7-8,11H2,1H3,(H,23,25). The fourth-order valence-corrected chi connectivity index (χ4v) is 3.22. The van der Waals surface area contributed by atoms with Crippen molar-refractivity contribution in [1.82, 2.24) is 4.90 Å². The molecule has 0 aliphatic heterocycles. The topological polar surface area (TPSA) is 32.3 Å². The summed E-state index contributed by atoms with van der Waals surface area (Å²) in [6.45, 7) is 2.09. The van der Waals surface area contributed by atoms with Crippen LogP contribution in [-0.2, 0) is 4.79 Å². The van der Waals surface area contributed by atoms with Crippen LogP contribution in [0.4, 0.5) is 14.5 Å².